The molecule has 0 saturated heterocycles. The first-order valence-electron chi connectivity index (χ1n) is 6.76. The van der Waals surface area contributed by atoms with E-state index in [4.69, 9.17) is 0 Å². The van der Waals surface area contributed by atoms with Crippen LogP contribution in [0.3, 0.4) is 0 Å². The second-order valence-corrected chi connectivity index (χ2v) is 4.75. The molecule has 0 unspecified atom stereocenters. The number of hydrogen-bond acceptors (Lipinski definition) is 3. The van der Waals surface area contributed by atoms with Crippen LogP contribution < -0.4 is 0 Å². The van der Waals surface area contributed by atoms with E-state index in [1.165, 1.54) is 0 Å². The van der Waals surface area contributed by atoms with Crippen molar-refractivity contribution in [2.24, 2.45) is 0 Å². The van der Waals surface area contributed by atoms with Crippen molar-refractivity contribution < 1.29 is 4.79 Å². The minimum Gasteiger partial charge on any atom is -0.294 e. The Balaban J connectivity index is 1.75. The summed E-state index contributed by atoms with van der Waals surface area (Å²) in [5.41, 5.74) is 3.51. The van der Waals surface area contributed by atoms with Crippen molar-refractivity contribution >= 4 is 5.78 Å². The summed E-state index contributed by atoms with van der Waals surface area (Å²) in [7, 11) is 0. The molecule has 3 rings (SSSR count). The largest absolute Gasteiger partial charge is 0.294 e. The van der Waals surface area contributed by atoms with Crippen LogP contribution in [0.15, 0.2) is 73.2 Å². The molecule has 21 heavy (non-hydrogen) atoms. The van der Waals surface area contributed by atoms with E-state index in [0.717, 1.165) is 22.4 Å². The molecule has 0 amide bonds. The molecular formula is C18H14N2O. The summed E-state index contributed by atoms with van der Waals surface area (Å²) in [5, 5.41) is 0. The predicted molar refractivity (Wildman–Crippen MR) is 81.9 cm³/mol. The standard InChI is InChI=1S/C18H14N2O/c21-18(14-5-2-1-3-6-14)11-17-9-8-16(13-20-17)15-7-4-10-19-12-15/h1-10,12-13H,11H2. The third kappa shape index (κ3) is 3.20. The molecule has 2 heterocycles. The van der Waals surface area contributed by atoms with Crippen LogP contribution in [0.4, 0.5) is 0 Å². The molecule has 0 aliphatic carbocycles. The highest BCUT2D eigenvalue weighted by Gasteiger charge is 2.07. The maximum Gasteiger partial charge on any atom is 0.168 e. The molecule has 0 spiro atoms. The highest BCUT2D eigenvalue weighted by atomic mass is 16.1. The Morgan fingerprint density at radius 3 is 2.33 bits per heavy atom. The number of pyridine rings is 2. The van der Waals surface area contributed by atoms with E-state index < -0.39 is 0 Å². The summed E-state index contributed by atoms with van der Waals surface area (Å²) >= 11 is 0. The molecule has 1 aromatic carbocycles. The van der Waals surface area contributed by atoms with E-state index in [1.807, 2.05) is 54.6 Å². The fourth-order valence-corrected chi connectivity index (χ4v) is 2.12. The molecule has 102 valence electrons. The van der Waals surface area contributed by atoms with Crippen molar-refractivity contribution in [3.8, 4) is 11.1 Å². The number of ketones is 1. The molecule has 2 aromatic heterocycles. The van der Waals surface area contributed by atoms with E-state index in [2.05, 4.69) is 9.97 Å². The molecule has 0 saturated carbocycles. The average molecular weight is 274 g/mol. The molecule has 0 aliphatic heterocycles. The number of hydrogen-bond donors (Lipinski definition) is 0. The molecule has 3 heteroatoms. The normalized spacial score (nSPS) is 10.3. The van der Waals surface area contributed by atoms with Gasteiger partial charge in [0.25, 0.3) is 0 Å². The first kappa shape index (κ1) is 13.2. The first-order valence-corrected chi connectivity index (χ1v) is 6.76. The van der Waals surface area contributed by atoms with Crippen LogP contribution in [0.2, 0.25) is 0 Å². The third-order valence-electron chi connectivity index (χ3n) is 3.26. The van der Waals surface area contributed by atoms with Gasteiger partial charge in [0.2, 0.25) is 0 Å². The summed E-state index contributed by atoms with van der Waals surface area (Å²) in [6, 6.07) is 17.0. The van der Waals surface area contributed by atoms with Gasteiger partial charge in [-0.15, -0.1) is 0 Å². The zero-order valence-electron chi connectivity index (χ0n) is 11.4. The predicted octanol–water partition coefficient (Wildman–Crippen LogP) is 3.57. The van der Waals surface area contributed by atoms with Crippen molar-refractivity contribution in [1.29, 1.82) is 0 Å². The molecule has 0 radical (unpaired) electrons. The highest BCUT2D eigenvalue weighted by Crippen LogP contribution is 2.17. The molecule has 0 atom stereocenters. The molecule has 0 aliphatic rings. The van der Waals surface area contributed by atoms with Gasteiger partial charge in [-0.25, -0.2) is 0 Å². The van der Waals surface area contributed by atoms with E-state index >= 15 is 0 Å². The smallest absolute Gasteiger partial charge is 0.168 e. The van der Waals surface area contributed by atoms with Gasteiger partial charge in [0.05, 0.1) is 6.42 Å². The maximum atomic E-state index is 12.1. The average Bonchev–Trinajstić information content (AvgIpc) is 2.57. The van der Waals surface area contributed by atoms with Crippen LogP contribution in [0.5, 0.6) is 0 Å². The Bertz CT molecular complexity index is 722. The summed E-state index contributed by atoms with van der Waals surface area (Å²) in [4.78, 5) is 20.6. The van der Waals surface area contributed by atoms with Gasteiger partial charge in [-0.3, -0.25) is 14.8 Å². The number of carbonyl (C=O) groups excluding carboxylic acids is 1. The van der Waals surface area contributed by atoms with Crippen molar-refractivity contribution in [2.45, 2.75) is 6.42 Å². The van der Waals surface area contributed by atoms with Gasteiger partial charge in [0.15, 0.2) is 5.78 Å². The van der Waals surface area contributed by atoms with Crippen molar-refractivity contribution in [1.82, 2.24) is 9.97 Å². The Kier molecular flexibility index (Phi) is 3.83. The van der Waals surface area contributed by atoms with Gasteiger partial charge >= 0.3 is 0 Å². The number of aromatic nitrogens is 2. The van der Waals surface area contributed by atoms with E-state index in [-0.39, 0.29) is 5.78 Å². The summed E-state index contributed by atoms with van der Waals surface area (Å²) < 4.78 is 0. The Morgan fingerprint density at radius 1 is 0.857 bits per heavy atom. The zero-order chi connectivity index (χ0) is 14.5. The van der Waals surface area contributed by atoms with Crippen molar-refractivity contribution in [2.75, 3.05) is 0 Å². The summed E-state index contributed by atoms with van der Waals surface area (Å²) in [6.45, 7) is 0. The minimum absolute atomic E-state index is 0.0808. The lowest BCUT2D eigenvalue weighted by molar-refractivity contribution is 0.0992. The quantitative estimate of drug-likeness (QED) is 0.683. The van der Waals surface area contributed by atoms with Crippen molar-refractivity contribution in [3.05, 3.63) is 84.4 Å². The van der Waals surface area contributed by atoms with Gasteiger partial charge in [-0.05, 0) is 12.1 Å². The first-order chi connectivity index (χ1) is 10.3. The molecule has 3 aromatic rings. The topological polar surface area (TPSA) is 42.9 Å². The van der Waals surface area contributed by atoms with E-state index in [0.29, 0.717) is 6.42 Å². The third-order valence-corrected chi connectivity index (χ3v) is 3.26. The lowest BCUT2D eigenvalue weighted by Crippen LogP contribution is -2.04. The summed E-state index contributed by atoms with van der Waals surface area (Å²) in [5.74, 6) is 0.0808. The number of nitrogens with zero attached hydrogens (tertiary/aromatic N) is 2. The van der Waals surface area contributed by atoms with E-state index in [9.17, 15) is 4.79 Å². The molecule has 3 nitrogen and oxygen atoms in total. The fraction of sp³-hybridized carbons (Fsp3) is 0.0556. The van der Waals surface area contributed by atoms with Crippen molar-refractivity contribution in [3.63, 3.8) is 0 Å². The summed E-state index contributed by atoms with van der Waals surface area (Å²) in [6.07, 6.45) is 5.64. The van der Waals surface area contributed by atoms with E-state index in [1.54, 1.807) is 18.6 Å². The number of carbonyl (C=O) groups is 1. The molecule has 0 bridgehead atoms. The second kappa shape index (κ2) is 6.09. The van der Waals surface area contributed by atoms with Crippen LogP contribution in [-0.2, 0) is 6.42 Å². The zero-order valence-corrected chi connectivity index (χ0v) is 11.4. The Labute approximate surface area is 123 Å². The lowest BCUT2D eigenvalue weighted by atomic mass is 10.1. The van der Waals surface area contributed by atoms with Gasteiger partial charge < -0.3 is 0 Å². The van der Waals surface area contributed by atoms with Crippen LogP contribution in [0, 0.1) is 0 Å². The Morgan fingerprint density at radius 2 is 1.67 bits per heavy atom. The molecular weight excluding hydrogens is 260 g/mol. The number of benzene rings is 1. The van der Waals surface area contributed by atoms with Gasteiger partial charge in [0.1, 0.15) is 0 Å². The molecule has 0 N–H and O–H groups in total. The van der Waals surface area contributed by atoms with Gasteiger partial charge in [0, 0.05) is 41.0 Å². The van der Waals surface area contributed by atoms with Gasteiger partial charge in [-0.1, -0.05) is 42.5 Å². The molecule has 0 fully saturated rings. The van der Waals surface area contributed by atoms with Gasteiger partial charge in [-0.2, -0.15) is 0 Å². The highest BCUT2D eigenvalue weighted by molar-refractivity contribution is 5.97. The van der Waals surface area contributed by atoms with Crippen LogP contribution >= 0.6 is 0 Å². The minimum atomic E-state index is 0.0808. The SMILES string of the molecule is O=C(Cc1ccc(-c2cccnc2)cn1)c1ccccc1. The maximum absolute atomic E-state index is 12.1. The fourth-order valence-electron chi connectivity index (χ4n) is 2.12. The van der Waals surface area contributed by atoms with Crippen LogP contribution in [-0.4, -0.2) is 15.8 Å². The lowest BCUT2D eigenvalue weighted by Gasteiger charge is -2.03. The second-order valence-electron chi connectivity index (χ2n) is 4.75. The Hall–Kier alpha value is -2.81. The number of Topliss-reactive ketones (excluding diaryl/α,β-unsaturated/α-hetero) is 1. The van der Waals surface area contributed by atoms with Crippen LogP contribution in [0.25, 0.3) is 11.1 Å². The number of rotatable bonds is 4. The monoisotopic (exact) mass is 274 g/mol. The van der Waals surface area contributed by atoms with Crippen LogP contribution in [0.1, 0.15) is 16.1 Å².